The predicted molar refractivity (Wildman–Crippen MR) is 89.7 cm³/mol. The Kier molecular flexibility index (Phi) is 7.83. The van der Waals surface area contributed by atoms with Gasteiger partial charge < -0.3 is 10.1 Å². The number of hydrogen-bond donors (Lipinski definition) is 1. The number of rotatable bonds is 9. The highest BCUT2D eigenvalue weighted by Gasteiger charge is 2.35. The molecule has 1 rings (SSSR count). The van der Waals surface area contributed by atoms with Crippen LogP contribution in [0.2, 0.25) is 0 Å². The first-order valence-electron chi connectivity index (χ1n) is 7.65. The third kappa shape index (κ3) is 6.10. The third-order valence-corrected chi connectivity index (χ3v) is 4.38. The van der Waals surface area contributed by atoms with Gasteiger partial charge in [0.25, 0.3) is 0 Å². The van der Waals surface area contributed by atoms with Gasteiger partial charge in [-0.15, -0.1) is 11.8 Å². The lowest BCUT2D eigenvalue weighted by Crippen LogP contribution is -2.52. The number of carbonyl (C=O) groups excluding carboxylic acids is 1. The van der Waals surface area contributed by atoms with Crippen LogP contribution in [0.25, 0.3) is 0 Å². The van der Waals surface area contributed by atoms with Gasteiger partial charge in [-0.1, -0.05) is 32.0 Å². The molecule has 1 N–H and O–H groups in total. The highest BCUT2D eigenvalue weighted by Crippen LogP contribution is 2.29. The van der Waals surface area contributed by atoms with E-state index < -0.39 is 5.54 Å². The van der Waals surface area contributed by atoms with E-state index in [0.29, 0.717) is 11.9 Å². The highest BCUT2D eigenvalue weighted by atomic mass is 32.2. The Balaban J connectivity index is 2.68. The molecule has 118 valence electrons. The number of thioether (sulfide) groups is 1. The second kappa shape index (κ2) is 9.11. The molecule has 0 saturated carbocycles. The van der Waals surface area contributed by atoms with Crippen LogP contribution in [-0.2, 0) is 9.53 Å². The number of benzene rings is 1. The highest BCUT2D eigenvalue weighted by molar-refractivity contribution is 7.99. The van der Waals surface area contributed by atoms with E-state index >= 15 is 0 Å². The molecule has 0 amide bonds. The van der Waals surface area contributed by atoms with E-state index in [1.807, 2.05) is 32.0 Å². The summed E-state index contributed by atoms with van der Waals surface area (Å²) < 4.78 is 5.24. The van der Waals surface area contributed by atoms with Crippen molar-refractivity contribution in [1.82, 2.24) is 5.32 Å². The Bertz CT molecular complexity index is 424. The Labute approximate surface area is 132 Å². The standard InChI is InChI=1S/C17H27NO2S/c1-5-12-18-17(4,16(19)20-6-2)13-14(3)21-15-10-8-7-9-11-15/h7-11,14,18H,5-6,12-13H2,1-4H3. The first kappa shape index (κ1) is 18.1. The van der Waals surface area contributed by atoms with Crippen LogP contribution in [0.3, 0.4) is 0 Å². The van der Waals surface area contributed by atoms with Crippen molar-refractivity contribution < 1.29 is 9.53 Å². The first-order valence-corrected chi connectivity index (χ1v) is 8.53. The summed E-state index contributed by atoms with van der Waals surface area (Å²) in [6.07, 6.45) is 1.74. The van der Waals surface area contributed by atoms with Crippen molar-refractivity contribution in [2.45, 2.75) is 56.2 Å². The van der Waals surface area contributed by atoms with Gasteiger partial charge >= 0.3 is 5.97 Å². The van der Waals surface area contributed by atoms with Gasteiger partial charge in [0, 0.05) is 10.1 Å². The van der Waals surface area contributed by atoms with E-state index in [-0.39, 0.29) is 5.97 Å². The van der Waals surface area contributed by atoms with Crippen LogP contribution >= 0.6 is 11.8 Å². The van der Waals surface area contributed by atoms with E-state index in [1.54, 1.807) is 11.8 Å². The summed E-state index contributed by atoms with van der Waals surface area (Å²) in [4.78, 5) is 13.5. The van der Waals surface area contributed by atoms with Gasteiger partial charge in [-0.05, 0) is 45.4 Å². The lowest BCUT2D eigenvalue weighted by Gasteiger charge is -2.31. The molecule has 1 aromatic carbocycles. The summed E-state index contributed by atoms with van der Waals surface area (Å²) in [5, 5.41) is 3.68. The van der Waals surface area contributed by atoms with Crippen LogP contribution in [0.5, 0.6) is 0 Å². The zero-order chi connectivity index (χ0) is 15.7. The maximum absolute atomic E-state index is 12.3. The lowest BCUT2D eigenvalue weighted by molar-refractivity contribution is -0.150. The van der Waals surface area contributed by atoms with E-state index in [1.165, 1.54) is 4.90 Å². The molecule has 2 atom stereocenters. The second-order valence-electron chi connectivity index (χ2n) is 5.42. The van der Waals surface area contributed by atoms with E-state index in [0.717, 1.165) is 19.4 Å². The van der Waals surface area contributed by atoms with Crippen molar-refractivity contribution in [3.05, 3.63) is 30.3 Å². The molecule has 2 unspecified atom stereocenters. The van der Waals surface area contributed by atoms with Gasteiger partial charge in [0.05, 0.1) is 6.61 Å². The summed E-state index contributed by atoms with van der Waals surface area (Å²) >= 11 is 1.79. The van der Waals surface area contributed by atoms with Crippen molar-refractivity contribution in [3.8, 4) is 0 Å². The summed E-state index contributed by atoms with van der Waals surface area (Å²) in [6.45, 7) is 9.28. The van der Waals surface area contributed by atoms with Crippen molar-refractivity contribution in [2.75, 3.05) is 13.2 Å². The van der Waals surface area contributed by atoms with Crippen molar-refractivity contribution in [2.24, 2.45) is 0 Å². The minimum atomic E-state index is -0.618. The molecular formula is C17H27NO2S. The van der Waals surface area contributed by atoms with E-state index in [9.17, 15) is 4.79 Å². The fourth-order valence-electron chi connectivity index (χ4n) is 2.27. The van der Waals surface area contributed by atoms with Crippen molar-refractivity contribution >= 4 is 17.7 Å². The molecule has 0 aliphatic heterocycles. The zero-order valence-electron chi connectivity index (χ0n) is 13.5. The number of esters is 1. The van der Waals surface area contributed by atoms with Gasteiger partial charge in [0.1, 0.15) is 5.54 Å². The third-order valence-electron chi connectivity index (χ3n) is 3.27. The Morgan fingerprint density at radius 2 is 2.00 bits per heavy atom. The summed E-state index contributed by atoms with van der Waals surface area (Å²) in [7, 11) is 0. The SMILES string of the molecule is CCCNC(C)(CC(C)Sc1ccccc1)C(=O)OCC. The van der Waals surface area contributed by atoms with Crippen molar-refractivity contribution in [3.63, 3.8) is 0 Å². The fraction of sp³-hybridized carbons (Fsp3) is 0.588. The molecule has 0 fully saturated rings. The number of carbonyl (C=O) groups is 1. The van der Waals surface area contributed by atoms with Crippen LogP contribution in [0.4, 0.5) is 0 Å². The molecule has 0 bridgehead atoms. The Hall–Kier alpha value is -1.00. The molecule has 4 heteroatoms. The maximum atomic E-state index is 12.3. The molecular weight excluding hydrogens is 282 g/mol. The second-order valence-corrected chi connectivity index (χ2v) is 6.94. The average molecular weight is 309 g/mol. The average Bonchev–Trinajstić information content (AvgIpc) is 2.46. The molecule has 21 heavy (non-hydrogen) atoms. The largest absolute Gasteiger partial charge is 0.465 e. The molecule has 0 saturated heterocycles. The smallest absolute Gasteiger partial charge is 0.326 e. The van der Waals surface area contributed by atoms with Crippen LogP contribution in [0, 0.1) is 0 Å². The number of hydrogen-bond acceptors (Lipinski definition) is 4. The number of nitrogens with one attached hydrogen (secondary N) is 1. The van der Waals surface area contributed by atoms with E-state index in [4.69, 9.17) is 4.74 Å². The normalized spacial score (nSPS) is 15.2. The molecule has 1 aromatic rings. The first-order chi connectivity index (χ1) is 10.0. The minimum absolute atomic E-state index is 0.154. The van der Waals surface area contributed by atoms with E-state index in [2.05, 4.69) is 31.3 Å². The van der Waals surface area contributed by atoms with Gasteiger partial charge in [0.2, 0.25) is 0 Å². The molecule has 3 nitrogen and oxygen atoms in total. The Morgan fingerprint density at radius 1 is 1.33 bits per heavy atom. The van der Waals surface area contributed by atoms with Gasteiger partial charge in [-0.2, -0.15) is 0 Å². The molecule has 0 aliphatic carbocycles. The van der Waals surface area contributed by atoms with Gasteiger partial charge in [-0.3, -0.25) is 4.79 Å². The molecule has 0 aromatic heterocycles. The summed E-state index contributed by atoms with van der Waals surface area (Å²) in [5.74, 6) is -0.154. The molecule has 0 radical (unpaired) electrons. The molecule has 0 aliphatic rings. The quantitative estimate of drug-likeness (QED) is 0.555. The van der Waals surface area contributed by atoms with Gasteiger partial charge in [0.15, 0.2) is 0 Å². The van der Waals surface area contributed by atoms with Crippen molar-refractivity contribution in [1.29, 1.82) is 0 Å². The van der Waals surface area contributed by atoms with Crippen LogP contribution in [-0.4, -0.2) is 29.9 Å². The molecule has 0 heterocycles. The van der Waals surface area contributed by atoms with Gasteiger partial charge in [-0.25, -0.2) is 0 Å². The summed E-state index contributed by atoms with van der Waals surface area (Å²) in [5.41, 5.74) is -0.618. The number of ether oxygens (including phenoxy) is 1. The predicted octanol–water partition coefficient (Wildman–Crippen LogP) is 3.88. The summed E-state index contributed by atoms with van der Waals surface area (Å²) in [6, 6.07) is 10.3. The minimum Gasteiger partial charge on any atom is -0.465 e. The Morgan fingerprint density at radius 3 is 2.57 bits per heavy atom. The van der Waals surface area contributed by atoms with Crippen LogP contribution in [0.1, 0.15) is 40.5 Å². The van der Waals surface area contributed by atoms with Crippen LogP contribution in [0.15, 0.2) is 35.2 Å². The monoisotopic (exact) mass is 309 g/mol. The van der Waals surface area contributed by atoms with Crippen LogP contribution < -0.4 is 5.32 Å². The lowest BCUT2D eigenvalue weighted by atomic mass is 9.96. The zero-order valence-corrected chi connectivity index (χ0v) is 14.3. The topological polar surface area (TPSA) is 38.3 Å². The fourth-order valence-corrected chi connectivity index (χ4v) is 3.46. The molecule has 0 spiro atoms. The maximum Gasteiger partial charge on any atom is 0.326 e.